The SMILES string of the molecule is CNC(=O)c1c(-c2ccc(F)cc2)oc2ccc(-c3ccc(Cl)c(C(=O)OC)c3)cc12. The first kappa shape index (κ1) is 20.6. The molecule has 0 saturated carbocycles. The second kappa shape index (κ2) is 8.24. The summed E-state index contributed by atoms with van der Waals surface area (Å²) in [6, 6.07) is 16.1. The summed E-state index contributed by atoms with van der Waals surface area (Å²) in [5.74, 6) is -0.909. The van der Waals surface area contributed by atoms with Crippen LogP contribution in [0, 0.1) is 5.82 Å². The number of halogens is 2. The molecule has 4 rings (SSSR count). The Morgan fingerprint density at radius 1 is 0.968 bits per heavy atom. The van der Waals surface area contributed by atoms with Crippen molar-refractivity contribution < 1.29 is 23.1 Å². The predicted molar refractivity (Wildman–Crippen MR) is 117 cm³/mol. The van der Waals surface area contributed by atoms with Crippen LogP contribution in [0.25, 0.3) is 33.4 Å². The lowest BCUT2D eigenvalue weighted by Gasteiger charge is -2.07. The molecule has 0 atom stereocenters. The van der Waals surface area contributed by atoms with Crippen LogP contribution in [0.3, 0.4) is 0 Å². The van der Waals surface area contributed by atoms with Gasteiger partial charge in [0.2, 0.25) is 0 Å². The number of fused-ring (bicyclic) bond motifs is 1. The number of hydrogen-bond donors (Lipinski definition) is 1. The Kier molecular flexibility index (Phi) is 5.48. The number of carbonyl (C=O) groups excluding carboxylic acids is 2. The van der Waals surface area contributed by atoms with Crippen molar-refractivity contribution in [2.45, 2.75) is 0 Å². The highest BCUT2D eigenvalue weighted by molar-refractivity contribution is 6.33. The largest absolute Gasteiger partial charge is 0.465 e. The molecule has 0 spiro atoms. The monoisotopic (exact) mass is 437 g/mol. The predicted octanol–water partition coefficient (Wildman–Crippen LogP) is 5.71. The summed E-state index contributed by atoms with van der Waals surface area (Å²) in [7, 11) is 2.82. The average molecular weight is 438 g/mol. The van der Waals surface area contributed by atoms with Gasteiger partial charge in [-0.25, -0.2) is 9.18 Å². The Labute approximate surface area is 182 Å². The zero-order valence-corrected chi connectivity index (χ0v) is 17.4. The molecule has 0 unspecified atom stereocenters. The molecule has 0 saturated heterocycles. The fourth-order valence-corrected chi connectivity index (χ4v) is 3.60. The van der Waals surface area contributed by atoms with Gasteiger partial charge in [0.15, 0.2) is 0 Å². The molecule has 1 N–H and O–H groups in total. The summed E-state index contributed by atoms with van der Waals surface area (Å²) < 4.78 is 24.1. The van der Waals surface area contributed by atoms with Gasteiger partial charge in [-0.1, -0.05) is 23.7 Å². The number of amides is 1. The number of ether oxygens (including phenoxy) is 1. The molecule has 7 heteroatoms. The first-order chi connectivity index (χ1) is 14.9. The van der Waals surface area contributed by atoms with Gasteiger partial charge in [-0.3, -0.25) is 4.79 Å². The summed E-state index contributed by atoms with van der Waals surface area (Å²) in [5, 5.41) is 3.50. The van der Waals surface area contributed by atoms with E-state index in [4.69, 9.17) is 20.8 Å². The third kappa shape index (κ3) is 3.78. The first-order valence-corrected chi connectivity index (χ1v) is 9.73. The Morgan fingerprint density at radius 2 is 1.61 bits per heavy atom. The maximum Gasteiger partial charge on any atom is 0.339 e. The van der Waals surface area contributed by atoms with Crippen LogP contribution in [0.15, 0.2) is 65.1 Å². The van der Waals surface area contributed by atoms with Gasteiger partial charge >= 0.3 is 5.97 Å². The Hall–Kier alpha value is -3.64. The number of rotatable bonds is 4. The van der Waals surface area contributed by atoms with Crippen LogP contribution in [-0.2, 0) is 4.74 Å². The van der Waals surface area contributed by atoms with Gasteiger partial charge in [0, 0.05) is 18.0 Å². The van der Waals surface area contributed by atoms with E-state index in [1.807, 2.05) is 6.07 Å². The van der Waals surface area contributed by atoms with E-state index >= 15 is 0 Å². The molecule has 156 valence electrons. The van der Waals surface area contributed by atoms with Gasteiger partial charge in [-0.2, -0.15) is 0 Å². The topological polar surface area (TPSA) is 68.5 Å². The normalized spacial score (nSPS) is 10.8. The minimum absolute atomic E-state index is 0.243. The minimum Gasteiger partial charge on any atom is -0.465 e. The number of methoxy groups -OCH3 is 1. The summed E-state index contributed by atoms with van der Waals surface area (Å²) in [6.45, 7) is 0. The maximum absolute atomic E-state index is 13.4. The molecule has 4 aromatic rings. The van der Waals surface area contributed by atoms with E-state index in [-0.39, 0.29) is 22.3 Å². The van der Waals surface area contributed by atoms with Gasteiger partial charge in [-0.15, -0.1) is 0 Å². The minimum atomic E-state index is -0.541. The summed E-state index contributed by atoms with van der Waals surface area (Å²) in [6.07, 6.45) is 0. The fourth-order valence-electron chi connectivity index (χ4n) is 3.40. The highest BCUT2D eigenvalue weighted by atomic mass is 35.5. The van der Waals surface area contributed by atoms with E-state index in [9.17, 15) is 14.0 Å². The van der Waals surface area contributed by atoms with Crippen LogP contribution in [0.4, 0.5) is 4.39 Å². The average Bonchev–Trinajstić information content (AvgIpc) is 3.17. The highest BCUT2D eigenvalue weighted by Crippen LogP contribution is 2.36. The second-order valence-corrected chi connectivity index (χ2v) is 7.20. The van der Waals surface area contributed by atoms with Crippen molar-refractivity contribution in [1.82, 2.24) is 5.32 Å². The van der Waals surface area contributed by atoms with Crippen LogP contribution >= 0.6 is 11.6 Å². The third-order valence-electron chi connectivity index (χ3n) is 4.95. The van der Waals surface area contributed by atoms with Gasteiger partial charge < -0.3 is 14.5 Å². The van der Waals surface area contributed by atoms with Crippen LogP contribution in [-0.4, -0.2) is 26.0 Å². The third-order valence-corrected chi connectivity index (χ3v) is 5.28. The van der Waals surface area contributed by atoms with Gasteiger partial charge in [-0.05, 0) is 59.7 Å². The molecule has 1 amide bonds. The Bertz CT molecular complexity index is 1310. The maximum atomic E-state index is 13.4. The van der Waals surface area contributed by atoms with Crippen LogP contribution in [0.2, 0.25) is 5.02 Å². The van der Waals surface area contributed by atoms with E-state index in [0.717, 1.165) is 11.1 Å². The van der Waals surface area contributed by atoms with Crippen molar-refractivity contribution in [2.24, 2.45) is 0 Å². The van der Waals surface area contributed by atoms with Crippen LogP contribution in [0.5, 0.6) is 0 Å². The molecule has 31 heavy (non-hydrogen) atoms. The van der Waals surface area contributed by atoms with Crippen LogP contribution in [0.1, 0.15) is 20.7 Å². The Balaban J connectivity index is 1.90. The highest BCUT2D eigenvalue weighted by Gasteiger charge is 2.22. The number of furan rings is 1. The van der Waals surface area contributed by atoms with Crippen molar-refractivity contribution in [1.29, 1.82) is 0 Å². The van der Waals surface area contributed by atoms with E-state index in [1.165, 1.54) is 26.3 Å². The lowest BCUT2D eigenvalue weighted by Crippen LogP contribution is -2.18. The van der Waals surface area contributed by atoms with Crippen molar-refractivity contribution >= 4 is 34.4 Å². The molecule has 0 aliphatic rings. The molecule has 0 fully saturated rings. The number of benzene rings is 3. The summed E-state index contributed by atoms with van der Waals surface area (Å²) in [4.78, 5) is 24.7. The Morgan fingerprint density at radius 3 is 2.29 bits per heavy atom. The molecule has 0 radical (unpaired) electrons. The van der Waals surface area contributed by atoms with E-state index in [2.05, 4.69) is 5.32 Å². The summed E-state index contributed by atoms with van der Waals surface area (Å²) >= 11 is 6.12. The number of esters is 1. The molecule has 0 aliphatic heterocycles. The molecule has 1 heterocycles. The van der Waals surface area contributed by atoms with E-state index in [1.54, 1.807) is 42.5 Å². The number of nitrogens with one attached hydrogen (secondary N) is 1. The molecule has 1 aromatic heterocycles. The van der Waals surface area contributed by atoms with Gasteiger partial charge in [0.25, 0.3) is 5.91 Å². The molecule has 3 aromatic carbocycles. The first-order valence-electron chi connectivity index (χ1n) is 9.35. The number of carbonyl (C=O) groups is 2. The van der Waals surface area contributed by atoms with Gasteiger partial charge in [0.1, 0.15) is 17.2 Å². The second-order valence-electron chi connectivity index (χ2n) is 6.79. The zero-order chi connectivity index (χ0) is 22.1. The van der Waals surface area contributed by atoms with Crippen molar-refractivity contribution in [3.63, 3.8) is 0 Å². The fraction of sp³-hybridized carbons (Fsp3) is 0.0833. The quantitative estimate of drug-likeness (QED) is 0.415. The lowest BCUT2D eigenvalue weighted by molar-refractivity contribution is 0.0601. The zero-order valence-electron chi connectivity index (χ0n) is 16.7. The standard InChI is InChI=1S/C24H17ClFNO4/c1-27-23(28)21-18-12-15(14-5-9-19(25)17(11-14)24(29)30-2)6-10-20(18)31-22(21)13-3-7-16(26)8-4-13/h3-12H,1-2H3,(H,27,28). The molecular weight excluding hydrogens is 421 g/mol. The van der Waals surface area contributed by atoms with Gasteiger partial charge in [0.05, 0.1) is 23.3 Å². The van der Waals surface area contributed by atoms with Crippen LogP contribution < -0.4 is 5.32 Å². The van der Waals surface area contributed by atoms with E-state index in [0.29, 0.717) is 27.9 Å². The van der Waals surface area contributed by atoms with Crippen molar-refractivity contribution in [3.8, 4) is 22.5 Å². The van der Waals surface area contributed by atoms with Crippen molar-refractivity contribution in [3.05, 3.63) is 82.6 Å². The lowest BCUT2D eigenvalue weighted by atomic mass is 9.99. The molecular formula is C24H17ClFNO4. The van der Waals surface area contributed by atoms with E-state index < -0.39 is 5.97 Å². The molecule has 5 nitrogen and oxygen atoms in total. The van der Waals surface area contributed by atoms with Crippen molar-refractivity contribution in [2.75, 3.05) is 14.2 Å². The molecule has 0 bridgehead atoms. The number of hydrogen-bond acceptors (Lipinski definition) is 4. The molecule has 0 aliphatic carbocycles. The smallest absolute Gasteiger partial charge is 0.339 e. The summed E-state index contributed by atoms with van der Waals surface area (Å²) in [5.41, 5.74) is 3.15.